The van der Waals surface area contributed by atoms with Crippen LogP contribution in [0.5, 0.6) is 0 Å². The number of aryl methyl sites for hydroxylation is 1. The molecule has 0 unspecified atom stereocenters. The zero-order valence-corrected chi connectivity index (χ0v) is 19.0. The molecule has 2 heterocycles. The smallest absolute Gasteiger partial charge is 0.418 e. The maximum atomic E-state index is 12.5. The second kappa shape index (κ2) is 8.77. The Morgan fingerprint density at radius 1 is 1.26 bits per heavy atom. The van der Waals surface area contributed by atoms with Crippen LogP contribution in [-0.4, -0.2) is 39.3 Å². The van der Waals surface area contributed by atoms with Crippen LogP contribution in [0.1, 0.15) is 43.6 Å². The maximum absolute atomic E-state index is 12.5. The third-order valence-corrected chi connectivity index (χ3v) is 7.36. The fourth-order valence-corrected chi connectivity index (χ4v) is 5.64. The van der Waals surface area contributed by atoms with Gasteiger partial charge in [0.2, 0.25) is 0 Å². The molecule has 166 valence electrons. The molecule has 31 heavy (non-hydrogen) atoms. The van der Waals surface area contributed by atoms with Crippen LogP contribution >= 0.6 is 11.3 Å². The predicted octanol–water partition coefficient (Wildman–Crippen LogP) is 3.19. The van der Waals surface area contributed by atoms with Gasteiger partial charge in [-0.2, -0.15) is 0 Å². The molecule has 0 spiro atoms. The van der Waals surface area contributed by atoms with Crippen molar-refractivity contribution in [3.8, 4) is 11.3 Å². The number of benzene rings is 1. The van der Waals surface area contributed by atoms with E-state index in [0.717, 1.165) is 23.3 Å². The quantitative estimate of drug-likeness (QED) is 0.466. The summed E-state index contributed by atoms with van der Waals surface area (Å²) in [5, 5.41) is 19.8. The number of aromatic nitrogens is 3. The molecule has 11 heteroatoms. The van der Waals surface area contributed by atoms with Crippen molar-refractivity contribution in [3.05, 3.63) is 53.1 Å². The Labute approximate surface area is 184 Å². The zero-order chi connectivity index (χ0) is 22.8. The number of carboxylic acid groups (broad SMARTS) is 1. The summed E-state index contributed by atoms with van der Waals surface area (Å²) in [6.45, 7) is 5.76. The molecule has 1 aromatic carbocycles. The first-order chi connectivity index (χ1) is 14.5. The van der Waals surface area contributed by atoms with Gasteiger partial charge in [0.15, 0.2) is 4.21 Å². The first-order valence-corrected chi connectivity index (χ1v) is 11.9. The molecule has 0 atom stereocenters. The van der Waals surface area contributed by atoms with Gasteiger partial charge in [-0.3, -0.25) is 0 Å². The van der Waals surface area contributed by atoms with Gasteiger partial charge in [-0.05, 0) is 32.3 Å². The number of hydrogen-bond acceptors (Lipinski definition) is 7. The fourth-order valence-electron chi connectivity index (χ4n) is 3.13. The van der Waals surface area contributed by atoms with Crippen LogP contribution < -0.4 is 4.72 Å². The van der Waals surface area contributed by atoms with Crippen LogP contribution in [0.25, 0.3) is 11.3 Å². The van der Waals surface area contributed by atoms with Crippen molar-refractivity contribution in [1.29, 1.82) is 0 Å². The first kappa shape index (κ1) is 22.9. The van der Waals surface area contributed by atoms with E-state index in [0.29, 0.717) is 29.4 Å². The van der Waals surface area contributed by atoms with Gasteiger partial charge in [-0.15, -0.1) is 11.3 Å². The highest BCUT2D eigenvalue weighted by Crippen LogP contribution is 2.33. The van der Waals surface area contributed by atoms with Crippen LogP contribution in [-0.2, 0) is 28.6 Å². The van der Waals surface area contributed by atoms with Crippen LogP contribution in [0.3, 0.4) is 0 Å². The monoisotopic (exact) mass is 464 g/mol. The molecule has 1 amide bonds. The van der Waals surface area contributed by atoms with Gasteiger partial charge < -0.3 is 14.8 Å². The number of nitrogens with zero attached hydrogens (tertiary/aromatic N) is 3. The number of aliphatic hydroxyl groups is 1. The van der Waals surface area contributed by atoms with E-state index in [1.54, 1.807) is 43.1 Å². The molecular weight excluding hydrogens is 440 g/mol. The SMILES string of the molecule is CCCc1nc(-c2ccc(Cn3ccnc3C(C)(C)O)cc2)c(S(=O)(=O)NC(=O)O)s1. The van der Waals surface area contributed by atoms with E-state index < -0.39 is 21.7 Å². The van der Waals surface area contributed by atoms with Crippen molar-refractivity contribution in [3.63, 3.8) is 0 Å². The summed E-state index contributed by atoms with van der Waals surface area (Å²) in [5.41, 5.74) is 0.638. The Morgan fingerprint density at radius 2 is 1.94 bits per heavy atom. The van der Waals surface area contributed by atoms with Crippen LogP contribution in [0, 0.1) is 0 Å². The number of carbonyl (C=O) groups is 1. The Morgan fingerprint density at radius 3 is 2.52 bits per heavy atom. The summed E-state index contributed by atoms with van der Waals surface area (Å²) >= 11 is 0.975. The Kier molecular flexibility index (Phi) is 6.48. The third kappa shape index (κ3) is 5.30. The van der Waals surface area contributed by atoms with Crippen molar-refractivity contribution in [2.24, 2.45) is 0 Å². The number of amides is 1. The first-order valence-electron chi connectivity index (χ1n) is 9.60. The Balaban J connectivity index is 1.94. The van der Waals surface area contributed by atoms with Gasteiger partial charge in [0.05, 0.1) is 5.01 Å². The van der Waals surface area contributed by atoms with Crippen LogP contribution in [0.15, 0.2) is 40.9 Å². The predicted molar refractivity (Wildman–Crippen MR) is 116 cm³/mol. The minimum atomic E-state index is -4.24. The number of hydrogen-bond donors (Lipinski definition) is 3. The van der Waals surface area contributed by atoms with Gasteiger partial charge in [0, 0.05) is 24.5 Å². The average molecular weight is 465 g/mol. The molecule has 0 bridgehead atoms. The number of rotatable bonds is 8. The average Bonchev–Trinajstić information content (AvgIpc) is 3.29. The van der Waals surface area contributed by atoms with Gasteiger partial charge >= 0.3 is 6.09 Å². The van der Waals surface area contributed by atoms with E-state index in [1.807, 2.05) is 23.6 Å². The van der Waals surface area contributed by atoms with Crippen molar-refractivity contribution in [1.82, 2.24) is 19.3 Å². The van der Waals surface area contributed by atoms with Crippen LogP contribution in [0.2, 0.25) is 0 Å². The number of sulfonamides is 1. The van der Waals surface area contributed by atoms with Gasteiger partial charge in [-0.1, -0.05) is 31.2 Å². The minimum Gasteiger partial charge on any atom is -0.464 e. The second-order valence-corrected chi connectivity index (χ2v) is 10.5. The number of imidazole rings is 1. The van der Waals surface area contributed by atoms with E-state index in [2.05, 4.69) is 9.97 Å². The molecule has 3 rings (SSSR count). The summed E-state index contributed by atoms with van der Waals surface area (Å²) < 4.78 is 28.3. The molecule has 9 nitrogen and oxygen atoms in total. The summed E-state index contributed by atoms with van der Waals surface area (Å²) in [5.74, 6) is 0.536. The molecule has 3 N–H and O–H groups in total. The van der Waals surface area contributed by atoms with E-state index in [9.17, 15) is 18.3 Å². The number of nitrogens with one attached hydrogen (secondary N) is 1. The molecule has 0 aliphatic rings. The molecule has 0 radical (unpaired) electrons. The highest BCUT2D eigenvalue weighted by Gasteiger charge is 2.27. The van der Waals surface area contributed by atoms with Crippen molar-refractivity contribution >= 4 is 27.5 Å². The molecular formula is C20H24N4O5S2. The van der Waals surface area contributed by atoms with Crippen molar-refractivity contribution < 1.29 is 23.4 Å². The van der Waals surface area contributed by atoms with E-state index in [-0.39, 0.29) is 9.90 Å². The largest absolute Gasteiger partial charge is 0.464 e. The maximum Gasteiger partial charge on any atom is 0.418 e. The Bertz CT molecular complexity index is 1180. The van der Waals surface area contributed by atoms with E-state index in [1.165, 1.54) is 0 Å². The van der Waals surface area contributed by atoms with Gasteiger partial charge in [0.1, 0.15) is 17.1 Å². The summed E-state index contributed by atoms with van der Waals surface area (Å²) in [4.78, 5) is 19.6. The summed E-state index contributed by atoms with van der Waals surface area (Å²) in [6.07, 6.45) is 3.14. The summed E-state index contributed by atoms with van der Waals surface area (Å²) in [7, 11) is -4.24. The van der Waals surface area contributed by atoms with Crippen molar-refractivity contribution in [2.75, 3.05) is 0 Å². The standard InChI is InChI=1S/C20H24N4O5S2/c1-4-5-15-22-16(17(30-15)31(28,29)23-19(25)26)14-8-6-13(7-9-14)12-24-11-10-21-18(24)20(2,3)27/h6-11,23,27H,4-5,12H2,1-3H3,(H,25,26). The Hall–Kier alpha value is -2.76. The van der Waals surface area contributed by atoms with Crippen molar-refractivity contribution in [2.45, 2.75) is 50.0 Å². The van der Waals surface area contributed by atoms with E-state index >= 15 is 0 Å². The number of thiazole rings is 1. The summed E-state index contributed by atoms with van der Waals surface area (Å²) in [6, 6.07) is 7.17. The molecule has 3 aromatic rings. The second-order valence-electron chi connectivity index (χ2n) is 7.54. The highest BCUT2D eigenvalue weighted by atomic mass is 32.2. The third-order valence-electron chi connectivity index (χ3n) is 4.41. The fraction of sp³-hybridized carbons (Fsp3) is 0.350. The zero-order valence-electron chi connectivity index (χ0n) is 17.4. The molecule has 2 aromatic heterocycles. The van der Waals surface area contributed by atoms with Crippen LogP contribution in [0.4, 0.5) is 4.79 Å². The lowest BCUT2D eigenvalue weighted by molar-refractivity contribution is 0.0652. The highest BCUT2D eigenvalue weighted by molar-refractivity contribution is 7.92. The molecule has 0 aliphatic carbocycles. The van der Waals surface area contributed by atoms with Gasteiger partial charge in [0.25, 0.3) is 10.0 Å². The van der Waals surface area contributed by atoms with Gasteiger partial charge in [-0.25, -0.2) is 27.9 Å². The lowest BCUT2D eigenvalue weighted by Crippen LogP contribution is -2.28. The molecule has 0 aliphatic heterocycles. The lowest BCUT2D eigenvalue weighted by Gasteiger charge is -2.18. The molecule has 0 saturated carbocycles. The molecule has 0 fully saturated rings. The topological polar surface area (TPSA) is 134 Å². The normalized spacial score (nSPS) is 12.1. The van der Waals surface area contributed by atoms with E-state index in [4.69, 9.17) is 5.11 Å². The molecule has 0 saturated heterocycles. The minimum absolute atomic E-state index is 0.120. The lowest BCUT2D eigenvalue weighted by atomic mass is 10.1.